The maximum Gasteiger partial charge on any atom is -0.0221 e. The van der Waals surface area contributed by atoms with Crippen molar-refractivity contribution in [2.45, 2.75) is 258 Å². The van der Waals surface area contributed by atoms with Gasteiger partial charge in [0.15, 0.2) is 0 Å². The summed E-state index contributed by atoms with van der Waals surface area (Å²) in [6, 6.07) is 0. The van der Waals surface area contributed by atoms with Crippen molar-refractivity contribution in [2.75, 3.05) is 0 Å². The number of unbranched alkanes of at least 4 members (excludes halogenated alkanes) is 9. The van der Waals surface area contributed by atoms with E-state index in [4.69, 9.17) is 0 Å². The lowest BCUT2D eigenvalue weighted by molar-refractivity contribution is -0.0712. The van der Waals surface area contributed by atoms with Gasteiger partial charge in [0.2, 0.25) is 0 Å². The molecule has 0 fully saturated rings. The van der Waals surface area contributed by atoms with E-state index >= 15 is 0 Å². The third-order valence-corrected chi connectivity index (χ3v) is 14.5. The van der Waals surface area contributed by atoms with Gasteiger partial charge >= 0.3 is 0 Å². The predicted octanol–water partition coefficient (Wildman–Crippen LogP) is 17.2. The molecule has 0 bridgehead atoms. The summed E-state index contributed by atoms with van der Waals surface area (Å²) in [7, 11) is 0. The normalized spacial score (nSPS) is 17.9. The molecule has 0 spiro atoms. The molecule has 0 radical (unpaired) electrons. The average Bonchev–Trinajstić information content (AvgIpc) is 3.02. The Morgan fingerprint density at radius 2 is 0.533 bits per heavy atom. The van der Waals surface area contributed by atoms with Gasteiger partial charge in [-0.3, -0.25) is 0 Å². The summed E-state index contributed by atoms with van der Waals surface area (Å²) >= 11 is 0. The molecule has 0 saturated carbocycles. The zero-order valence-corrected chi connectivity index (χ0v) is 35.3. The van der Waals surface area contributed by atoms with Crippen LogP contribution in [0.15, 0.2) is 0 Å². The molecular formula is C45H94. The van der Waals surface area contributed by atoms with E-state index in [0.29, 0.717) is 32.5 Å². The minimum atomic E-state index is 0.438. The van der Waals surface area contributed by atoms with E-state index in [1.165, 1.54) is 148 Å². The fourth-order valence-electron chi connectivity index (χ4n) is 9.16. The van der Waals surface area contributed by atoms with Crippen LogP contribution in [0.2, 0.25) is 0 Å². The Hall–Kier alpha value is 0. The Balaban J connectivity index is 0. The highest BCUT2D eigenvalue weighted by Gasteiger charge is 2.52. The van der Waals surface area contributed by atoms with Crippen molar-refractivity contribution in [1.29, 1.82) is 0 Å². The van der Waals surface area contributed by atoms with E-state index in [2.05, 4.69) is 111 Å². The Bertz CT molecular complexity index is 686. The molecule has 0 aliphatic carbocycles. The molecule has 0 rings (SSSR count). The molecule has 0 heteroatoms. The van der Waals surface area contributed by atoms with Gasteiger partial charge in [0.25, 0.3) is 0 Å². The van der Waals surface area contributed by atoms with E-state index in [0.717, 1.165) is 0 Å². The van der Waals surface area contributed by atoms with Crippen LogP contribution in [0.1, 0.15) is 258 Å². The quantitative estimate of drug-likeness (QED) is 0.0789. The first-order valence-corrected chi connectivity index (χ1v) is 21.0. The minimum Gasteiger partial charge on any atom is -0.0654 e. The number of hydrogen-bond acceptors (Lipinski definition) is 0. The number of rotatable bonds is 27. The summed E-state index contributed by atoms with van der Waals surface area (Å²) in [5.41, 5.74) is 2.74. The van der Waals surface area contributed by atoms with E-state index in [9.17, 15) is 0 Å². The van der Waals surface area contributed by atoms with Crippen LogP contribution < -0.4 is 0 Å². The molecule has 4 atom stereocenters. The lowest BCUT2D eigenvalue weighted by atomic mass is 9.48. The van der Waals surface area contributed by atoms with Crippen molar-refractivity contribution in [3.8, 4) is 0 Å². The van der Waals surface area contributed by atoms with Crippen molar-refractivity contribution < 1.29 is 0 Å². The van der Waals surface area contributed by atoms with Gasteiger partial charge in [0, 0.05) is 0 Å². The third-order valence-electron chi connectivity index (χ3n) is 14.5. The summed E-state index contributed by atoms with van der Waals surface area (Å²) in [4.78, 5) is 0. The standard InChI is InChI=1S/C23H48.C22H46/c1-9-13-16-17-20-23(8,21(5,6)18-14-10-2)22(7,12-4)19-15-11-3;1-9-13-16-19-22(8,20(5,6)17-14-10-2)21(7,12-4)18-15-11-3/h9-20H2,1-8H3;9-19H2,1-8H3. The zero-order valence-electron chi connectivity index (χ0n) is 35.3. The van der Waals surface area contributed by atoms with E-state index in [-0.39, 0.29) is 0 Å². The molecule has 274 valence electrons. The third kappa shape index (κ3) is 13.8. The molecule has 4 unspecified atom stereocenters. The molecule has 0 nitrogen and oxygen atoms in total. The van der Waals surface area contributed by atoms with Gasteiger partial charge in [-0.2, -0.15) is 0 Å². The minimum absolute atomic E-state index is 0.438. The Morgan fingerprint density at radius 1 is 0.267 bits per heavy atom. The first kappa shape index (κ1) is 47.1. The summed E-state index contributed by atoms with van der Waals surface area (Å²) in [6.45, 7) is 39.6. The average molecular weight is 635 g/mol. The maximum atomic E-state index is 2.65. The maximum absolute atomic E-state index is 2.65. The fourth-order valence-corrected chi connectivity index (χ4v) is 9.16. The molecular weight excluding hydrogens is 540 g/mol. The van der Waals surface area contributed by atoms with Crippen LogP contribution in [0.3, 0.4) is 0 Å². The van der Waals surface area contributed by atoms with Crippen molar-refractivity contribution in [1.82, 2.24) is 0 Å². The van der Waals surface area contributed by atoms with Crippen molar-refractivity contribution in [2.24, 2.45) is 32.5 Å². The van der Waals surface area contributed by atoms with E-state index < -0.39 is 0 Å². The zero-order chi connectivity index (χ0) is 35.3. The van der Waals surface area contributed by atoms with Crippen LogP contribution >= 0.6 is 0 Å². The summed E-state index contributed by atoms with van der Waals surface area (Å²) in [5, 5.41) is 0. The second-order valence-electron chi connectivity index (χ2n) is 17.9. The molecule has 0 aliphatic heterocycles. The van der Waals surface area contributed by atoms with Gasteiger partial charge in [0.1, 0.15) is 0 Å². The molecule has 0 aromatic rings. The lowest BCUT2D eigenvalue weighted by Crippen LogP contribution is -2.48. The number of hydrogen-bond donors (Lipinski definition) is 0. The largest absolute Gasteiger partial charge is 0.0654 e. The van der Waals surface area contributed by atoms with Gasteiger partial charge < -0.3 is 0 Å². The van der Waals surface area contributed by atoms with E-state index in [1.54, 1.807) is 0 Å². The van der Waals surface area contributed by atoms with Gasteiger partial charge in [-0.15, -0.1) is 0 Å². The molecule has 0 aliphatic rings. The molecule has 0 aromatic heterocycles. The van der Waals surface area contributed by atoms with Gasteiger partial charge in [-0.05, 0) is 71.0 Å². The highest BCUT2D eigenvalue weighted by atomic mass is 14.6. The van der Waals surface area contributed by atoms with Crippen molar-refractivity contribution in [3.63, 3.8) is 0 Å². The van der Waals surface area contributed by atoms with Crippen molar-refractivity contribution in [3.05, 3.63) is 0 Å². The van der Waals surface area contributed by atoms with Crippen molar-refractivity contribution >= 4 is 0 Å². The van der Waals surface area contributed by atoms with Gasteiger partial charge in [-0.25, -0.2) is 0 Å². The lowest BCUT2D eigenvalue weighted by Gasteiger charge is -2.57. The molecule has 0 amide bonds. The second-order valence-corrected chi connectivity index (χ2v) is 17.9. The SMILES string of the molecule is CCCCCC(C)(C(C)(C)CCCC)C(C)(CC)CCCC.CCCCCCC(C)(C(C)(C)CCCC)C(C)(CC)CCCC. The summed E-state index contributed by atoms with van der Waals surface area (Å²) in [6.07, 6.45) is 31.6. The second kappa shape index (κ2) is 23.4. The predicted molar refractivity (Wildman–Crippen MR) is 212 cm³/mol. The molecule has 0 heterocycles. The first-order valence-electron chi connectivity index (χ1n) is 21.0. The Morgan fingerprint density at radius 3 is 0.822 bits per heavy atom. The highest BCUT2D eigenvalue weighted by molar-refractivity contribution is 5.01. The molecule has 0 N–H and O–H groups in total. The Kier molecular flexibility index (Phi) is 24.5. The van der Waals surface area contributed by atoms with Gasteiger partial charge in [0.05, 0.1) is 0 Å². The first-order chi connectivity index (χ1) is 21.0. The van der Waals surface area contributed by atoms with Crippen LogP contribution in [0, 0.1) is 32.5 Å². The topological polar surface area (TPSA) is 0 Å². The van der Waals surface area contributed by atoms with Crippen LogP contribution in [0.5, 0.6) is 0 Å². The fraction of sp³-hybridized carbons (Fsp3) is 1.00. The van der Waals surface area contributed by atoms with E-state index in [1.807, 2.05) is 0 Å². The van der Waals surface area contributed by atoms with Gasteiger partial charge in [-0.1, -0.05) is 220 Å². The van der Waals surface area contributed by atoms with Crippen LogP contribution in [-0.2, 0) is 0 Å². The van der Waals surface area contributed by atoms with Crippen LogP contribution in [-0.4, -0.2) is 0 Å². The molecule has 0 aromatic carbocycles. The monoisotopic (exact) mass is 635 g/mol. The molecule has 0 saturated heterocycles. The summed E-state index contributed by atoms with van der Waals surface area (Å²) < 4.78 is 0. The molecule has 45 heavy (non-hydrogen) atoms. The smallest absolute Gasteiger partial charge is 0.0221 e. The van der Waals surface area contributed by atoms with Crippen LogP contribution in [0.25, 0.3) is 0 Å². The Labute approximate surface area is 290 Å². The van der Waals surface area contributed by atoms with Crippen LogP contribution in [0.4, 0.5) is 0 Å². The highest BCUT2D eigenvalue weighted by Crippen LogP contribution is 2.61. The summed E-state index contributed by atoms with van der Waals surface area (Å²) in [5.74, 6) is 0.